The summed E-state index contributed by atoms with van der Waals surface area (Å²) in [7, 11) is -3.33. The molecule has 4 aliphatic rings. The Morgan fingerprint density at radius 1 is 1.00 bits per heavy atom. The lowest BCUT2D eigenvalue weighted by Crippen LogP contribution is -2.57. The third-order valence-corrected chi connectivity index (χ3v) is 14.7. The molecule has 0 aliphatic carbocycles. The van der Waals surface area contributed by atoms with Gasteiger partial charge in [0.25, 0.3) is 11.8 Å². The summed E-state index contributed by atoms with van der Waals surface area (Å²) < 4.78 is 41.6. The number of unbranched alkanes of at least 4 members (excludes halogenated alkanes) is 2. The summed E-state index contributed by atoms with van der Waals surface area (Å²) in [6, 6.07) is 11.8. The molecule has 16 nitrogen and oxygen atoms in total. The molecule has 0 spiro atoms. The Kier molecular flexibility index (Phi) is 12.1. The number of anilines is 5. The Morgan fingerprint density at radius 2 is 1.81 bits per heavy atom. The number of benzene rings is 2. The lowest BCUT2D eigenvalue weighted by molar-refractivity contribution is -0.136. The summed E-state index contributed by atoms with van der Waals surface area (Å²) in [4.78, 5) is 69.3. The van der Waals surface area contributed by atoms with Gasteiger partial charge >= 0.3 is 0 Å². The van der Waals surface area contributed by atoms with Gasteiger partial charge in [-0.3, -0.25) is 29.4 Å². The summed E-state index contributed by atoms with van der Waals surface area (Å²) in [5.41, 5.74) is 1.23. The molecule has 4 N–H and O–H groups in total. The minimum Gasteiger partial charge on any atom is -0.390 e. The van der Waals surface area contributed by atoms with E-state index in [-0.39, 0.29) is 66.3 Å². The SMILES string of the molecule is CC(C)c1ccc(N2C[C@H](CS(=O)(=O)CCCCCNc3cccc4c3C(=O)N(C3CCC(=O)NC3=O)C4=O)[C@H]2C)c2cnc(Nc3ccnc(N4CC[C@@H](O)[C@@](C)(F)C4)n3)cc12. The number of imide groups is 2. The summed E-state index contributed by atoms with van der Waals surface area (Å²) in [5, 5.41) is 20.8. The van der Waals surface area contributed by atoms with Gasteiger partial charge in [0.2, 0.25) is 17.8 Å². The molecular formula is C45H54FN9O7S. The van der Waals surface area contributed by atoms with Gasteiger partial charge in [0, 0.05) is 67.2 Å². The molecule has 63 heavy (non-hydrogen) atoms. The van der Waals surface area contributed by atoms with Crippen LogP contribution in [-0.4, -0.2) is 119 Å². The highest BCUT2D eigenvalue weighted by Gasteiger charge is 2.46. The number of aromatic nitrogens is 3. The van der Waals surface area contributed by atoms with Crippen molar-refractivity contribution >= 4 is 73.2 Å². The maximum Gasteiger partial charge on any atom is 0.264 e. The second-order valence-corrected chi connectivity index (χ2v) is 20.0. The van der Waals surface area contributed by atoms with E-state index in [9.17, 15) is 37.1 Å². The van der Waals surface area contributed by atoms with Crippen LogP contribution in [0.5, 0.6) is 0 Å². The zero-order valence-corrected chi connectivity index (χ0v) is 36.8. The van der Waals surface area contributed by atoms with Crippen LogP contribution in [0, 0.1) is 5.92 Å². The number of carbonyl (C=O) groups is 4. The summed E-state index contributed by atoms with van der Waals surface area (Å²) >= 11 is 0. The van der Waals surface area contributed by atoms with E-state index in [0.717, 1.165) is 26.9 Å². The number of nitrogens with one attached hydrogen (secondary N) is 3. The molecule has 2 aromatic carbocycles. The standard InChI is InChI=1S/C45H54FN9O7S/c1-26(2)29-11-12-34(32-22-49-38(21-31(29)32)50-37-15-18-48-44(51-37)53-19-16-36(56)45(4,46)25-53)54-23-28(27(54)3)24-63(61,62)20-7-5-6-17-47-33-10-8-9-30-40(33)43(60)55(42(30)59)35-13-14-39(57)52-41(35)58/h8-12,15,18,21-22,26-28,35-36,47,56H,5-7,13-14,16-17,19-20,23-25H2,1-4H3,(H,52,57,58)(H,48,49,50,51)/t27-,28-,35?,36-,45+/m1/s1. The van der Waals surface area contributed by atoms with Gasteiger partial charge in [-0.2, -0.15) is 4.98 Å². The normalized spacial score (nSPS) is 23.9. The van der Waals surface area contributed by atoms with E-state index < -0.39 is 51.3 Å². The Balaban J connectivity index is 0.839. The third-order valence-electron chi connectivity index (χ3n) is 12.9. The average Bonchev–Trinajstić information content (AvgIpc) is 3.50. The van der Waals surface area contributed by atoms with Crippen LogP contribution in [0.2, 0.25) is 0 Å². The van der Waals surface area contributed by atoms with Gasteiger partial charge in [-0.1, -0.05) is 32.4 Å². The molecule has 0 saturated carbocycles. The first-order valence-corrected chi connectivity index (χ1v) is 23.5. The molecule has 0 bridgehead atoms. The van der Waals surface area contributed by atoms with Gasteiger partial charge < -0.3 is 25.5 Å². The van der Waals surface area contributed by atoms with E-state index in [1.165, 1.54) is 6.92 Å². The maximum atomic E-state index is 14.9. The number of aliphatic hydroxyl groups excluding tert-OH is 1. The van der Waals surface area contributed by atoms with E-state index in [1.807, 2.05) is 12.3 Å². The molecule has 5 atom stereocenters. The van der Waals surface area contributed by atoms with Gasteiger partial charge in [0.1, 0.15) is 17.7 Å². The lowest BCUT2D eigenvalue weighted by atomic mass is 9.88. The smallest absolute Gasteiger partial charge is 0.264 e. The average molecular weight is 884 g/mol. The molecule has 4 aliphatic heterocycles. The molecular weight excluding hydrogens is 830 g/mol. The Morgan fingerprint density at radius 3 is 2.56 bits per heavy atom. The minimum absolute atomic E-state index is 0.00972. The van der Waals surface area contributed by atoms with Crippen LogP contribution in [-0.2, 0) is 19.4 Å². The van der Waals surface area contributed by atoms with Gasteiger partial charge in [-0.25, -0.2) is 22.8 Å². The minimum atomic E-state index is -3.33. The maximum absolute atomic E-state index is 14.9. The number of amides is 4. The number of rotatable bonds is 15. The number of sulfone groups is 1. The fourth-order valence-electron chi connectivity index (χ4n) is 9.19. The van der Waals surface area contributed by atoms with Crippen molar-refractivity contribution in [1.29, 1.82) is 0 Å². The number of pyridine rings is 1. The lowest BCUT2D eigenvalue weighted by Gasteiger charge is -2.48. The van der Waals surface area contributed by atoms with Crippen LogP contribution in [0.15, 0.2) is 54.9 Å². The number of hydrogen-bond acceptors (Lipinski definition) is 14. The number of aliphatic hydroxyl groups is 1. The second kappa shape index (κ2) is 17.4. The number of piperidine rings is 2. The van der Waals surface area contributed by atoms with Gasteiger partial charge in [0.05, 0.1) is 35.3 Å². The highest BCUT2D eigenvalue weighted by molar-refractivity contribution is 7.91. The quantitative estimate of drug-likeness (QED) is 0.0905. The first kappa shape index (κ1) is 43.9. The number of alkyl halides is 1. The summed E-state index contributed by atoms with van der Waals surface area (Å²) in [5.74, 6) is -0.433. The Bertz CT molecular complexity index is 2570. The molecule has 3 fully saturated rings. The molecule has 1 unspecified atom stereocenters. The van der Waals surface area contributed by atoms with E-state index in [0.29, 0.717) is 62.2 Å². The first-order chi connectivity index (χ1) is 30.0. The predicted octanol–water partition coefficient (Wildman–Crippen LogP) is 5.11. The third kappa shape index (κ3) is 8.92. The molecule has 18 heteroatoms. The molecule has 8 rings (SSSR count). The van der Waals surface area contributed by atoms with Crippen molar-refractivity contribution in [3.63, 3.8) is 0 Å². The zero-order valence-electron chi connectivity index (χ0n) is 35.9. The van der Waals surface area contributed by atoms with Gasteiger partial charge in [-0.05, 0) is 86.7 Å². The fourth-order valence-corrected chi connectivity index (χ4v) is 11.0. The van der Waals surface area contributed by atoms with Crippen LogP contribution in [0.3, 0.4) is 0 Å². The summed E-state index contributed by atoms with van der Waals surface area (Å²) in [6.45, 7) is 9.19. The van der Waals surface area contributed by atoms with Crippen LogP contribution >= 0.6 is 0 Å². The topological polar surface area (TPSA) is 207 Å². The van der Waals surface area contributed by atoms with Crippen molar-refractivity contribution < 1.29 is 37.1 Å². The highest BCUT2D eigenvalue weighted by atomic mass is 32.2. The largest absolute Gasteiger partial charge is 0.390 e. The molecule has 3 saturated heterocycles. The molecule has 6 heterocycles. The molecule has 334 valence electrons. The van der Waals surface area contributed by atoms with Crippen molar-refractivity contribution in [1.82, 2.24) is 25.2 Å². The highest BCUT2D eigenvalue weighted by Crippen LogP contribution is 2.40. The number of carbonyl (C=O) groups excluding carboxylic acids is 4. The van der Waals surface area contributed by atoms with Crippen molar-refractivity contribution in [2.75, 3.05) is 58.1 Å². The monoisotopic (exact) mass is 883 g/mol. The molecule has 0 radical (unpaired) electrons. The Hall–Kier alpha value is -5.75. The summed E-state index contributed by atoms with van der Waals surface area (Å²) in [6.07, 6.45) is 4.58. The van der Waals surface area contributed by atoms with E-state index >= 15 is 0 Å². The van der Waals surface area contributed by atoms with Crippen LogP contribution < -0.4 is 25.8 Å². The van der Waals surface area contributed by atoms with E-state index in [2.05, 4.69) is 63.7 Å². The van der Waals surface area contributed by atoms with Crippen molar-refractivity contribution in [2.45, 2.75) is 96.0 Å². The van der Waals surface area contributed by atoms with Crippen molar-refractivity contribution in [3.05, 3.63) is 71.5 Å². The van der Waals surface area contributed by atoms with E-state index in [1.54, 1.807) is 35.4 Å². The van der Waals surface area contributed by atoms with Crippen LogP contribution in [0.1, 0.15) is 98.4 Å². The fraction of sp³-hybridized carbons (Fsp3) is 0.489. The predicted molar refractivity (Wildman–Crippen MR) is 238 cm³/mol. The van der Waals surface area contributed by atoms with Crippen molar-refractivity contribution in [3.8, 4) is 0 Å². The number of hydrogen-bond donors (Lipinski definition) is 4. The van der Waals surface area contributed by atoms with Crippen molar-refractivity contribution in [2.24, 2.45) is 5.92 Å². The van der Waals surface area contributed by atoms with Gasteiger partial charge in [-0.15, -0.1) is 0 Å². The zero-order chi connectivity index (χ0) is 44.8. The number of halogens is 1. The second-order valence-electron chi connectivity index (χ2n) is 17.7. The van der Waals surface area contributed by atoms with Crippen LogP contribution in [0.4, 0.5) is 33.3 Å². The van der Waals surface area contributed by atoms with Crippen LogP contribution in [0.25, 0.3) is 10.8 Å². The first-order valence-electron chi connectivity index (χ1n) is 21.7. The number of nitrogens with zero attached hydrogens (tertiary/aromatic N) is 6. The molecule has 4 amide bonds. The molecule has 2 aromatic heterocycles. The van der Waals surface area contributed by atoms with E-state index in [4.69, 9.17) is 4.98 Å². The Labute approximate surface area is 366 Å². The molecule has 4 aromatic rings. The number of fused-ring (bicyclic) bond motifs is 2. The van der Waals surface area contributed by atoms with Gasteiger partial charge in [0.15, 0.2) is 15.5 Å².